The topological polar surface area (TPSA) is 91.9 Å². The van der Waals surface area contributed by atoms with Crippen LogP contribution in [-0.2, 0) is 0 Å². The molecule has 6 heteroatoms. The summed E-state index contributed by atoms with van der Waals surface area (Å²) in [6.07, 6.45) is 1.16. The zero-order valence-corrected chi connectivity index (χ0v) is 10.1. The number of nitrogens with zero attached hydrogens (tertiary/aromatic N) is 1. The average molecular weight is 257 g/mol. The van der Waals surface area contributed by atoms with Crippen molar-refractivity contribution in [2.45, 2.75) is 6.92 Å². The van der Waals surface area contributed by atoms with Gasteiger partial charge in [0.2, 0.25) is 0 Å². The van der Waals surface area contributed by atoms with E-state index in [1.807, 2.05) is 0 Å². The molecule has 0 aliphatic rings. The number of rotatable bonds is 3. The van der Waals surface area contributed by atoms with Gasteiger partial charge in [0.1, 0.15) is 5.69 Å². The first-order valence-corrected chi connectivity index (χ1v) is 5.53. The lowest BCUT2D eigenvalue weighted by Gasteiger charge is -2.04. The van der Waals surface area contributed by atoms with Crippen molar-refractivity contribution in [3.8, 4) is 0 Å². The van der Waals surface area contributed by atoms with Crippen LogP contribution in [-0.4, -0.2) is 21.7 Å². The molecule has 0 unspecified atom stereocenters. The Morgan fingerprint density at radius 1 is 1.21 bits per heavy atom. The number of ketones is 1. The van der Waals surface area contributed by atoms with E-state index in [9.17, 15) is 14.4 Å². The van der Waals surface area contributed by atoms with Gasteiger partial charge in [0.25, 0.3) is 11.5 Å². The highest BCUT2D eigenvalue weighted by molar-refractivity contribution is 6.03. The lowest BCUT2D eigenvalue weighted by molar-refractivity contribution is 0.101. The number of amides is 1. The summed E-state index contributed by atoms with van der Waals surface area (Å²) in [6, 6.07) is 7.56. The first-order valence-electron chi connectivity index (χ1n) is 5.53. The second-order valence-electron chi connectivity index (χ2n) is 3.88. The summed E-state index contributed by atoms with van der Waals surface area (Å²) in [5, 5.41) is 2.59. The maximum Gasteiger partial charge on any atom is 0.274 e. The number of hydrogen-bond donors (Lipinski definition) is 2. The number of carbonyl (C=O) groups excluding carboxylic acids is 2. The molecule has 0 saturated carbocycles. The normalized spacial score (nSPS) is 9.95. The molecular weight excluding hydrogens is 246 g/mol. The van der Waals surface area contributed by atoms with Crippen molar-refractivity contribution >= 4 is 17.4 Å². The molecule has 19 heavy (non-hydrogen) atoms. The van der Waals surface area contributed by atoms with Crippen LogP contribution in [0.25, 0.3) is 0 Å². The molecule has 1 aromatic carbocycles. The Morgan fingerprint density at radius 3 is 2.47 bits per heavy atom. The zero-order valence-electron chi connectivity index (χ0n) is 10.1. The number of anilines is 1. The number of Topliss-reactive ketones (excluding diaryl/α,β-unsaturated/α-hetero) is 1. The van der Waals surface area contributed by atoms with Crippen molar-refractivity contribution < 1.29 is 9.59 Å². The van der Waals surface area contributed by atoms with Crippen LogP contribution >= 0.6 is 0 Å². The summed E-state index contributed by atoms with van der Waals surface area (Å²) >= 11 is 0. The molecule has 96 valence electrons. The number of benzene rings is 1. The standard InChI is InChI=1S/C13H11N3O3/c1-8(17)9-2-4-10(5-3-9)16-13(19)11-6-12(18)15-7-14-11/h2-7H,1H3,(H,16,19)(H,14,15,18). The molecule has 0 aliphatic heterocycles. The Bertz CT molecular complexity index is 674. The highest BCUT2D eigenvalue weighted by Gasteiger charge is 2.08. The van der Waals surface area contributed by atoms with Gasteiger partial charge < -0.3 is 10.3 Å². The molecule has 1 heterocycles. The number of hydrogen-bond acceptors (Lipinski definition) is 4. The largest absolute Gasteiger partial charge is 0.321 e. The van der Waals surface area contributed by atoms with Gasteiger partial charge in [0, 0.05) is 17.3 Å². The molecule has 0 fully saturated rings. The Labute approximate surface area is 108 Å². The van der Waals surface area contributed by atoms with Crippen molar-refractivity contribution in [3.05, 3.63) is 58.3 Å². The molecular formula is C13H11N3O3. The number of aromatic nitrogens is 2. The third-order valence-corrected chi connectivity index (χ3v) is 2.46. The van der Waals surface area contributed by atoms with Crippen LogP contribution in [0.3, 0.4) is 0 Å². The minimum atomic E-state index is -0.485. The van der Waals surface area contributed by atoms with Gasteiger partial charge in [-0.15, -0.1) is 0 Å². The van der Waals surface area contributed by atoms with Gasteiger partial charge in [-0.2, -0.15) is 0 Å². The van der Waals surface area contributed by atoms with Crippen LogP contribution in [0, 0.1) is 0 Å². The maximum atomic E-state index is 11.8. The lowest BCUT2D eigenvalue weighted by Crippen LogP contribution is -2.17. The minimum absolute atomic E-state index is 0.0272. The number of H-pyrrole nitrogens is 1. The summed E-state index contributed by atoms with van der Waals surface area (Å²) < 4.78 is 0. The van der Waals surface area contributed by atoms with E-state index in [2.05, 4.69) is 15.3 Å². The SMILES string of the molecule is CC(=O)c1ccc(NC(=O)c2cc(=O)[nH]cn2)cc1. The first kappa shape index (κ1) is 12.7. The van der Waals surface area contributed by atoms with Crippen LogP contribution in [0.5, 0.6) is 0 Å². The van der Waals surface area contributed by atoms with Crippen molar-refractivity contribution in [2.24, 2.45) is 0 Å². The predicted molar refractivity (Wildman–Crippen MR) is 69.3 cm³/mol. The monoisotopic (exact) mass is 257 g/mol. The quantitative estimate of drug-likeness (QED) is 0.809. The summed E-state index contributed by atoms with van der Waals surface area (Å²) in [4.78, 5) is 40.0. The summed E-state index contributed by atoms with van der Waals surface area (Å²) in [6.45, 7) is 1.47. The van der Waals surface area contributed by atoms with E-state index in [0.717, 1.165) is 12.4 Å². The van der Waals surface area contributed by atoms with Crippen molar-refractivity contribution in [1.29, 1.82) is 0 Å². The fourth-order valence-corrected chi connectivity index (χ4v) is 1.48. The first-order chi connectivity index (χ1) is 9.06. The van der Waals surface area contributed by atoms with Gasteiger partial charge in [0.05, 0.1) is 6.33 Å². The van der Waals surface area contributed by atoms with E-state index < -0.39 is 11.5 Å². The summed E-state index contributed by atoms with van der Waals surface area (Å²) in [7, 11) is 0. The fraction of sp³-hybridized carbons (Fsp3) is 0.0769. The minimum Gasteiger partial charge on any atom is -0.321 e. The molecule has 0 spiro atoms. The van der Waals surface area contributed by atoms with E-state index in [1.54, 1.807) is 24.3 Å². The Hall–Kier alpha value is -2.76. The molecule has 1 aromatic heterocycles. The second kappa shape index (κ2) is 5.26. The smallest absolute Gasteiger partial charge is 0.274 e. The second-order valence-corrected chi connectivity index (χ2v) is 3.88. The molecule has 0 atom stereocenters. The molecule has 0 saturated heterocycles. The Balaban J connectivity index is 2.15. The van der Waals surface area contributed by atoms with E-state index in [0.29, 0.717) is 11.3 Å². The van der Waals surface area contributed by atoms with Gasteiger partial charge in [0.15, 0.2) is 5.78 Å². The average Bonchev–Trinajstić information content (AvgIpc) is 2.39. The summed E-state index contributed by atoms with van der Waals surface area (Å²) in [5.41, 5.74) is 0.718. The Kier molecular flexibility index (Phi) is 3.51. The molecule has 1 amide bonds. The van der Waals surface area contributed by atoms with Gasteiger partial charge >= 0.3 is 0 Å². The molecule has 2 aromatic rings. The van der Waals surface area contributed by atoms with Crippen molar-refractivity contribution in [1.82, 2.24) is 9.97 Å². The third kappa shape index (κ3) is 3.12. The molecule has 2 N–H and O–H groups in total. The summed E-state index contributed by atoms with van der Waals surface area (Å²) in [5.74, 6) is -0.532. The van der Waals surface area contributed by atoms with E-state index in [-0.39, 0.29) is 11.5 Å². The van der Waals surface area contributed by atoms with Crippen molar-refractivity contribution in [2.75, 3.05) is 5.32 Å². The Morgan fingerprint density at radius 2 is 1.89 bits per heavy atom. The number of nitrogens with one attached hydrogen (secondary N) is 2. The molecule has 6 nitrogen and oxygen atoms in total. The number of carbonyl (C=O) groups is 2. The molecule has 2 rings (SSSR count). The van der Waals surface area contributed by atoms with Gasteiger partial charge in [-0.1, -0.05) is 0 Å². The molecule has 0 radical (unpaired) electrons. The zero-order chi connectivity index (χ0) is 13.8. The number of aromatic amines is 1. The predicted octanol–water partition coefficient (Wildman–Crippen LogP) is 1.22. The maximum absolute atomic E-state index is 11.8. The van der Waals surface area contributed by atoms with Crippen molar-refractivity contribution in [3.63, 3.8) is 0 Å². The van der Waals surface area contributed by atoms with Crippen LogP contribution in [0.15, 0.2) is 41.5 Å². The fourth-order valence-electron chi connectivity index (χ4n) is 1.48. The van der Waals surface area contributed by atoms with Gasteiger partial charge in [-0.25, -0.2) is 4.98 Å². The third-order valence-electron chi connectivity index (χ3n) is 2.46. The molecule has 0 bridgehead atoms. The van der Waals surface area contributed by atoms with Crippen LogP contribution in [0.1, 0.15) is 27.8 Å². The van der Waals surface area contributed by atoms with Crippen LogP contribution in [0.4, 0.5) is 5.69 Å². The van der Waals surface area contributed by atoms with Gasteiger partial charge in [-0.05, 0) is 31.2 Å². The van der Waals surface area contributed by atoms with E-state index in [4.69, 9.17) is 0 Å². The van der Waals surface area contributed by atoms with Crippen LogP contribution in [0.2, 0.25) is 0 Å². The molecule has 0 aliphatic carbocycles. The lowest BCUT2D eigenvalue weighted by atomic mass is 10.1. The van der Waals surface area contributed by atoms with Crippen LogP contribution < -0.4 is 10.9 Å². The van der Waals surface area contributed by atoms with E-state index in [1.165, 1.54) is 6.92 Å². The highest BCUT2D eigenvalue weighted by Crippen LogP contribution is 2.10. The van der Waals surface area contributed by atoms with Gasteiger partial charge in [-0.3, -0.25) is 14.4 Å². The highest BCUT2D eigenvalue weighted by atomic mass is 16.2. The van der Waals surface area contributed by atoms with E-state index >= 15 is 0 Å².